The van der Waals surface area contributed by atoms with Crippen molar-refractivity contribution in [2.45, 2.75) is 25.2 Å². The van der Waals surface area contributed by atoms with Crippen molar-refractivity contribution in [3.63, 3.8) is 0 Å². The van der Waals surface area contributed by atoms with Gasteiger partial charge in [-0.3, -0.25) is 4.98 Å². The predicted molar refractivity (Wildman–Crippen MR) is 89.2 cm³/mol. The second-order valence-electron chi connectivity index (χ2n) is 5.99. The van der Waals surface area contributed by atoms with Crippen molar-refractivity contribution in [1.82, 2.24) is 4.98 Å². The number of nitrogens with zero attached hydrogens (tertiary/aromatic N) is 2. The van der Waals surface area contributed by atoms with Crippen LogP contribution in [0.25, 0.3) is 0 Å². The Morgan fingerprint density at radius 1 is 1.29 bits per heavy atom. The van der Waals surface area contributed by atoms with Gasteiger partial charge in [-0.25, -0.2) is 0 Å². The van der Waals surface area contributed by atoms with Crippen LogP contribution in [0.2, 0.25) is 0 Å². The normalized spacial score (nSPS) is 17.1. The first-order valence-corrected chi connectivity index (χ1v) is 7.68. The zero-order valence-corrected chi connectivity index (χ0v) is 12.8. The number of aromatic nitrogens is 1. The van der Waals surface area contributed by atoms with E-state index in [9.17, 15) is 0 Å². The van der Waals surface area contributed by atoms with Crippen LogP contribution >= 0.6 is 0 Å². The third-order valence-corrected chi connectivity index (χ3v) is 4.30. The summed E-state index contributed by atoms with van der Waals surface area (Å²) in [5, 5.41) is 3.52. The first kappa shape index (κ1) is 13.9. The standard InChI is InChI=1S/C18H23N3/c1-21(2)17-8-9-18-14(11-17)5-3-6-15(18)12-20-16-7-4-10-19-13-16/h4,7-11,13,15,20H,3,5-6,12H2,1-2H3/t15-/m0/s1. The van der Waals surface area contributed by atoms with Crippen molar-refractivity contribution < 1.29 is 0 Å². The van der Waals surface area contributed by atoms with E-state index in [-0.39, 0.29) is 0 Å². The maximum atomic E-state index is 4.16. The number of nitrogens with one attached hydrogen (secondary N) is 1. The van der Waals surface area contributed by atoms with Crippen molar-refractivity contribution in [2.75, 3.05) is 30.9 Å². The van der Waals surface area contributed by atoms with Crippen molar-refractivity contribution in [3.8, 4) is 0 Å². The van der Waals surface area contributed by atoms with Gasteiger partial charge in [0.25, 0.3) is 0 Å². The molecule has 0 radical (unpaired) electrons. The molecule has 1 N–H and O–H groups in total. The zero-order valence-electron chi connectivity index (χ0n) is 12.8. The molecule has 3 nitrogen and oxygen atoms in total. The third kappa shape index (κ3) is 3.18. The maximum absolute atomic E-state index is 4.16. The molecule has 1 aromatic carbocycles. The molecule has 0 bridgehead atoms. The summed E-state index contributed by atoms with van der Waals surface area (Å²) in [5.74, 6) is 0.602. The van der Waals surface area contributed by atoms with Crippen LogP contribution in [0.1, 0.15) is 29.9 Å². The molecule has 0 amide bonds. The van der Waals surface area contributed by atoms with Gasteiger partial charge in [0.15, 0.2) is 0 Å². The Hall–Kier alpha value is -2.03. The van der Waals surface area contributed by atoms with E-state index in [1.807, 2.05) is 18.5 Å². The van der Waals surface area contributed by atoms with E-state index in [1.165, 1.54) is 36.1 Å². The lowest BCUT2D eigenvalue weighted by atomic mass is 9.82. The Kier molecular flexibility index (Phi) is 4.09. The monoisotopic (exact) mass is 281 g/mol. The van der Waals surface area contributed by atoms with Crippen LogP contribution < -0.4 is 10.2 Å². The van der Waals surface area contributed by atoms with E-state index in [4.69, 9.17) is 0 Å². The van der Waals surface area contributed by atoms with Gasteiger partial charge in [0.05, 0.1) is 5.69 Å². The van der Waals surface area contributed by atoms with E-state index < -0.39 is 0 Å². The molecule has 0 saturated heterocycles. The quantitative estimate of drug-likeness (QED) is 0.926. The van der Waals surface area contributed by atoms with Gasteiger partial charge in [-0.05, 0) is 54.7 Å². The minimum atomic E-state index is 0.602. The lowest BCUT2D eigenvalue weighted by Gasteiger charge is -2.27. The van der Waals surface area contributed by atoms with Crippen LogP contribution in [0.5, 0.6) is 0 Å². The summed E-state index contributed by atoms with van der Waals surface area (Å²) in [6, 6.07) is 11.0. The minimum absolute atomic E-state index is 0.602. The molecule has 21 heavy (non-hydrogen) atoms. The van der Waals surface area contributed by atoms with Gasteiger partial charge >= 0.3 is 0 Å². The Morgan fingerprint density at radius 3 is 2.95 bits per heavy atom. The van der Waals surface area contributed by atoms with Gasteiger partial charge in [0.2, 0.25) is 0 Å². The van der Waals surface area contributed by atoms with Gasteiger partial charge < -0.3 is 10.2 Å². The molecular weight excluding hydrogens is 258 g/mol. The Morgan fingerprint density at radius 2 is 2.19 bits per heavy atom. The number of pyridine rings is 1. The Labute approximate surface area is 127 Å². The number of rotatable bonds is 4. The third-order valence-electron chi connectivity index (χ3n) is 4.30. The summed E-state index contributed by atoms with van der Waals surface area (Å²) >= 11 is 0. The molecule has 0 spiro atoms. The van der Waals surface area contributed by atoms with Crippen molar-refractivity contribution in [3.05, 3.63) is 53.9 Å². The van der Waals surface area contributed by atoms with Crippen LogP contribution in [-0.2, 0) is 6.42 Å². The molecule has 0 unspecified atom stereocenters. The first-order valence-electron chi connectivity index (χ1n) is 7.68. The van der Waals surface area contributed by atoms with E-state index in [0.717, 1.165) is 12.2 Å². The van der Waals surface area contributed by atoms with Gasteiger partial charge in [-0.15, -0.1) is 0 Å². The first-order chi connectivity index (χ1) is 10.2. The van der Waals surface area contributed by atoms with Gasteiger partial charge in [-0.2, -0.15) is 0 Å². The highest BCUT2D eigenvalue weighted by atomic mass is 15.1. The SMILES string of the molecule is CN(C)c1ccc2c(c1)CCC[C@H]2CNc1cccnc1. The van der Waals surface area contributed by atoms with E-state index >= 15 is 0 Å². The highest BCUT2D eigenvalue weighted by Crippen LogP contribution is 2.33. The van der Waals surface area contributed by atoms with Gasteiger partial charge in [-0.1, -0.05) is 6.07 Å². The summed E-state index contributed by atoms with van der Waals surface area (Å²) in [6.45, 7) is 0.986. The summed E-state index contributed by atoms with van der Waals surface area (Å²) < 4.78 is 0. The summed E-state index contributed by atoms with van der Waals surface area (Å²) in [5.41, 5.74) is 5.44. The van der Waals surface area contributed by atoms with Crippen molar-refractivity contribution in [2.24, 2.45) is 0 Å². The second-order valence-corrected chi connectivity index (χ2v) is 5.99. The van der Waals surface area contributed by atoms with Crippen LogP contribution in [-0.4, -0.2) is 25.6 Å². The molecule has 110 valence electrons. The van der Waals surface area contributed by atoms with E-state index in [1.54, 1.807) is 0 Å². The fourth-order valence-electron chi connectivity index (χ4n) is 3.10. The number of hydrogen-bond donors (Lipinski definition) is 1. The van der Waals surface area contributed by atoms with Crippen molar-refractivity contribution >= 4 is 11.4 Å². The summed E-state index contributed by atoms with van der Waals surface area (Å²) in [7, 11) is 4.21. The summed E-state index contributed by atoms with van der Waals surface area (Å²) in [4.78, 5) is 6.33. The largest absolute Gasteiger partial charge is 0.383 e. The van der Waals surface area contributed by atoms with Crippen LogP contribution in [0.4, 0.5) is 11.4 Å². The molecule has 1 aliphatic rings. The van der Waals surface area contributed by atoms with Gasteiger partial charge in [0, 0.05) is 44.6 Å². The minimum Gasteiger partial charge on any atom is -0.383 e. The number of aryl methyl sites for hydroxylation is 1. The molecule has 0 aliphatic heterocycles. The molecule has 3 heteroatoms. The highest BCUT2D eigenvalue weighted by Gasteiger charge is 2.20. The number of benzene rings is 1. The topological polar surface area (TPSA) is 28.2 Å². The smallest absolute Gasteiger partial charge is 0.0526 e. The fraction of sp³-hybridized carbons (Fsp3) is 0.389. The molecule has 1 atom stereocenters. The zero-order chi connectivity index (χ0) is 14.7. The van der Waals surface area contributed by atoms with Crippen LogP contribution in [0, 0.1) is 0 Å². The van der Waals surface area contributed by atoms with Crippen LogP contribution in [0.3, 0.4) is 0 Å². The second kappa shape index (κ2) is 6.17. The number of hydrogen-bond acceptors (Lipinski definition) is 3. The van der Waals surface area contributed by atoms with E-state index in [2.05, 4.69) is 53.6 Å². The maximum Gasteiger partial charge on any atom is 0.0526 e. The Balaban J connectivity index is 1.74. The van der Waals surface area contributed by atoms with Crippen molar-refractivity contribution in [1.29, 1.82) is 0 Å². The molecule has 2 aromatic rings. The number of anilines is 2. The lowest BCUT2D eigenvalue weighted by Crippen LogP contribution is -2.19. The molecule has 3 rings (SSSR count). The predicted octanol–water partition coefficient (Wildman–Crippen LogP) is 3.68. The van der Waals surface area contributed by atoms with E-state index in [0.29, 0.717) is 5.92 Å². The lowest BCUT2D eigenvalue weighted by molar-refractivity contribution is 0.571. The van der Waals surface area contributed by atoms with Gasteiger partial charge in [0.1, 0.15) is 0 Å². The molecule has 1 aliphatic carbocycles. The average Bonchev–Trinajstić information content (AvgIpc) is 2.53. The Bertz CT molecular complexity index is 593. The highest BCUT2D eigenvalue weighted by molar-refractivity contribution is 5.52. The molecule has 0 fully saturated rings. The molecule has 1 heterocycles. The summed E-state index contributed by atoms with van der Waals surface area (Å²) in [6.07, 6.45) is 7.45. The van der Waals surface area contributed by atoms with Crippen LogP contribution in [0.15, 0.2) is 42.7 Å². The molecule has 1 aromatic heterocycles. The average molecular weight is 281 g/mol. The number of fused-ring (bicyclic) bond motifs is 1. The molecular formula is C18H23N3. The fourth-order valence-corrected chi connectivity index (χ4v) is 3.10. The molecule has 0 saturated carbocycles.